The summed E-state index contributed by atoms with van der Waals surface area (Å²) in [6.45, 7) is 12.0. The average Bonchev–Trinajstić information content (AvgIpc) is 2.28. The zero-order valence-corrected chi connectivity index (χ0v) is 11.8. The van der Waals surface area contributed by atoms with Gasteiger partial charge in [-0.3, -0.25) is 0 Å². The third-order valence-electron chi connectivity index (χ3n) is 3.55. The minimum atomic E-state index is -0.0816. The lowest BCUT2D eigenvalue weighted by atomic mass is 9.85. The Morgan fingerprint density at radius 3 is 2.28 bits per heavy atom. The number of rotatable bonds is 1. The lowest BCUT2D eigenvalue weighted by molar-refractivity contribution is 0.552. The molecule has 1 fully saturated rings. The van der Waals surface area contributed by atoms with E-state index in [4.69, 9.17) is 0 Å². The van der Waals surface area contributed by atoms with Gasteiger partial charge in [-0.25, -0.2) is 4.39 Å². The van der Waals surface area contributed by atoms with E-state index in [1.54, 1.807) is 6.07 Å². The van der Waals surface area contributed by atoms with Crippen LogP contribution in [0.15, 0.2) is 12.1 Å². The molecule has 1 aromatic rings. The van der Waals surface area contributed by atoms with E-state index < -0.39 is 0 Å². The molecule has 0 spiro atoms. The van der Waals surface area contributed by atoms with Crippen molar-refractivity contribution in [1.29, 1.82) is 0 Å². The number of aryl methyl sites for hydroxylation is 1. The Morgan fingerprint density at radius 1 is 1.17 bits per heavy atom. The molecule has 1 saturated heterocycles. The Kier molecular flexibility index (Phi) is 3.62. The first-order chi connectivity index (χ1) is 8.39. The van der Waals surface area contributed by atoms with Crippen LogP contribution in [0, 0.1) is 12.7 Å². The SMILES string of the molecule is Cc1cc(C(C)(C)C)cc(F)c1N1CCNCC1. The van der Waals surface area contributed by atoms with Gasteiger partial charge in [0.1, 0.15) is 5.82 Å². The number of nitrogens with zero attached hydrogens (tertiary/aromatic N) is 1. The summed E-state index contributed by atoms with van der Waals surface area (Å²) < 4.78 is 14.4. The van der Waals surface area contributed by atoms with Crippen LogP contribution in [0.5, 0.6) is 0 Å². The zero-order chi connectivity index (χ0) is 13.3. The van der Waals surface area contributed by atoms with E-state index in [-0.39, 0.29) is 11.2 Å². The van der Waals surface area contributed by atoms with Crippen LogP contribution in [0.3, 0.4) is 0 Å². The lowest BCUT2D eigenvalue weighted by Crippen LogP contribution is -2.44. The molecule has 0 radical (unpaired) electrons. The molecule has 0 bridgehead atoms. The van der Waals surface area contributed by atoms with Crippen molar-refractivity contribution in [1.82, 2.24) is 5.32 Å². The third-order valence-corrected chi connectivity index (χ3v) is 3.55. The van der Waals surface area contributed by atoms with Gasteiger partial charge < -0.3 is 10.2 Å². The topological polar surface area (TPSA) is 15.3 Å². The number of nitrogens with one attached hydrogen (secondary N) is 1. The van der Waals surface area contributed by atoms with E-state index in [0.717, 1.165) is 43.0 Å². The largest absolute Gasteiger partial charge is 0.366 e. The molecule has 18 heavy (non-hydrogen) atoms. The summed E-state index contributed by atoms with van der Waals surface area (Å²) in [5.74, 6) is -0.0816. The molecule has 2 nitrogen and oxygen atoms in total. The highest BCUT2D eigenvalue weighted by Crippen LogP contribution is 2.31. The van der Waals surface area contributed by atoms with Crippen LogP contribution in [-0.2, 0) is 5.41 Å². The van der Waals surface area contributed by atoms with E-state index >= 15 is 0 Å². The van der Waals surface area contributed by atoms with Crippen molar-refractivity contribution in [2.45, 2.75) is 33.1 Å². The summed E-state index contributed by atoms with van der Waals surface area (Å²) in [6, 6.07) is 3.82. The molecule has 0 unspecified atom stereocenters. The maximum Gasteiger partial charge on any atom is 0.147 e. The van der Waals surface area contributed by atoms with Crippen LogP contribution in [0.1, 0.15) is 31.9 Å². The first-order valence-electron chi connectivity index (χ1n) is 6.66. The van der Waals surface area contributed by atoms with E-state index in [2.05, 4.69) is 37.1 Å². The van der Waals surface area contributed by atoms with E-state index in [9.17, 15) is 4.39 Å². The Morgan fingerprint density at radius 2 is 1.78 bits per heavy atom. The molecule has 1 heterocycles. The fourth-order valence-corrected chi connectivity index (χ4v) is 2.46. The fourth-order valence-electron chi connectivity index (χ4n) is 2.46. The number of anilines is 1. The summed E-state index contributed by atoms with van der Waals surface area (Å²) in [5.41, 5.74) is 2.89. The van der Waals surface area contributed by atoms with Crippen molar-refractivity contribution in [3.63, 3.8) is 0 Å². The van der Waals surface area contributed by atoms with Gasteiger partial charge in [0.15, 0.2) is 0 Å². The molecule has 1 aliphatic rings. The number of piperazine rings is 1. The molecular weight excluding hydrogens is 227 g/mol. The summed E-state index contributed by atoms with van der Waals surface area (Å²) in [6.07, 6.45) is 0. The minimum Gasteiger partial charge on any atom is -0.366 e. The number of halogens is 1. The van der Waals surface area contributed by atoms with Gasteiger partial charge in [-0.2, -0.15) is 0 Å². The standard InChI is InChI=1S/C15H23FN2/c1-11-9-12(15(2,3)4)10-13(16)14(11)18-7-5-17-6-8-18/h9-10,17H,5-8H2,1-4H3. The van der Waals surface area contributed by atoms with E-state index in [0.29, 0.717) is 0 Å². The predicted molar refractivity (Wildman–Crippen MR) is 74.9 cm³/mol. The van der Waals surface area contributed by atoms with Gasteiger partial charge >= 0.3 is 0 Å². The second kappa shape index (κ2) is 4.88. The Balaban J connectivity index is 2.37. The summed E-state index contributed by atoms with van der Waals surface area (Å²) in [4.78, 5) is 2.15. The molecular formula is C15H23FN2. The Hall–Kier alpha value is -1.09. The van der Waals surface area contributed by atoms with Gasteiger partial charge in [0.25, 0.3) is 0 Å². The normalized spacial score (nSPS) is 17.1. The Labute approximate surface area is 109 Å². The fraction of sp³-hybridized carbons (Fsp3) is 0.600. The van der Waals surface area contributed by atoms with Crippen LogP contribution >= 0.6 is 0 Å². The van der Waals surface area contributed by atoms with Crippen molar-refractivity contribution in [2.75, 3.05) is 31.1 Å². The average molecular weight is 250 g/mol. The summed E-state index contributed by atoms with van der Waals surface area (Å²) in [7, 11) is 0. The van der Waals surface area contributed by atoms with Crippen molar-refractivity contribution in [2.24, 2.45) is 0 Å². The molecule has 2 rings (SSSR count). The van der Waals surface area contributed by atoms with Crippen LogP contribution in [0.25, 0.3) is 0 Å². The first kappa shape index (κ1) is 13.3. The van der Waals surface area contributed by atoms with Gasteiger partial charge in [0.05, 0.1) is 5.69 Å². The number of hydrogen-bond donors (Lipinski definition) is 1. The highest BCUT2D eigenvalue weighted by atomic mass is 19.1. The summed E-state index contributed by atoms with van der Waals surface area (Å²) in [5, 5.41) is 3.29. The molecule has 0 atom stereocenters. The molecule has 100 valence electrons. The van der Waals surface area contributed by atoms with Crippen LogP contribution in [0.4, 0.5) is 10.1 Å². The zero-order valence-electron chi connectivity index (χ0n) is 11.8. The highest BCUT2D eigenvalue weighted by Gasteiger charge is 2.21. The minimum absolute atomic E-state index is 0.00637. The molecule has 0 aromatic heterocycles. The smallest absolute Gasteiger partial charge is 0.147 e. The Bertz CT molecular complexity index is 406. The van der Waals surface area contributed by atoms with Gasteiger partial charge in [0, 0.05) is 26.2 Å². The maximum atomic E-state index is 14.4. The molecule has 1 aromatic carbocycles. The van der Waals surface area contributed by atoms with Crippen LogP contribution in [-0.4, -0.2) is 26.2 Å². The third kappa shape index (κ3) is 2.66. The second-order valence-corrected chi connectivity index (χ2v) is 6.11. The molecule has 3 heteroatoms. The molecule has 0 saturated carbocycles. The highest BCUT2D eigenvalue weighted by molar-refractivity contribution is 5.57. The lowest BCUT2D eigenvalue weighted by Gasteiger charge is -2.32. The van der Waals surface area contributed by atoms with Crippen LogP contribution < -0.4 is 10.2 Å². The van der Waals surface area contributed by atoms with Crippen molar-refractivity contribution < 1.29 is 4.39 Å². The van der Waals surface area contributed by atoms with Gasteiger partial charge in [-0.05, 0) is 29.5 Å². The van der Waals surface area contributed by atoms with Gasteiger partial charge in [-0.1, -0.05) is 26.8 Å². The number of benzene rings is 1. The molecule has 0 aliphatic carbocycles. The van der Waals surface area contributed by atoms with Crippen molar-refractivity contribution in [3.8, 4) is 0 Å². The van der Waals surface area contributed by atoms with E-state index in [1.807, 2.05) is 6.92 Å². The van der Waals surface area contributed by atoms with Gasteiger partial charge in [0.2, 0.25) is 0 Å². The molecule has 0 amide bonds. The van der Waals surface area contributed by atoms with E-state index in [1.165, 1.54) is 0 Å². The van der Waals surface area contributed by atoms with Gasteiger partial charge in [-0.15, -0.1) is 0 Å². The molecule has 1 N–H and O–H groups in total. The predicted octanol–water partition coefficient (Wildman–Crippen LogP) is 2.84. The maximum absolute atomic E-state index is 14.4. The quantitative estimate of drug-likeness (QED) is 0.824. The second-order valence-electron chi connectivity index (χ2n) is 6.11. The summed E-state index contributed by atoms with van der Waals surface area (Å²) >= 11 is 0. The monoisotopic (exact) mass is 250 g/mol. The molecule has 1 aliphatic heterocycles. The number of hydrogen-bond acceptors (Lipinski definition) is 2. The first-order valence-corrected chi connectivity index (χ1v) is 6.66. The van der Waals surface area contributed by atoms with Crippen molar-refractivity contribution in [3.05, 3.63) is 29.1 Å². The van der Waals surface area contributed by atoms with Crippen molar-refractivity contribution >= 4 is 5.69 Å². The van der Waals surface area contributed by atoms with Crippen LogP contribution in [0.2, 0.25) is 0 Å².